The molecule has 0 atom stereocenters. The molecule has 0 N–H and O–H groups in total. The fourth-order valence-electron chi connectivity index (χ4n) is 6.12. The zero-order chi connectivity index (χ0) is 44.5. The van der Waals surface area contributed by atoms with Crippen molar-refractivity contribution >= 4 is 41.1 Å². The summed E-state index contributed by atoms with van der Waals surface area (Å²) in [7, 11) is -0.171. The molecule has 0 saturated heterocycles. The molecule has 0 bridgehead atoms. The number of benzene rings is 5. The van der Waals surface area contributed by atoms with Crippen LogP contribution >= 0.6 is 7.92 Å². The van der Waals surface area contributed by atoms with Crippen molar-refractivity contribution in [3.05, 3.63) is 219 Å². The van der Waals surface area contributed by atoms with Gasteiger partial charge in [0.15, 0.2) is 52.4 Å². The average molecular weight is 962 g/mol. The van der Waals surface area contributed by atoms with Crippen molar-refractivity contribution in [2.75, 3.05) is 6.66 Å². The molecule has 2 aliphatic carbocycles. The Morgan fingerprint density at radius 2 is 0.525 bits per heavy atom. The van der Waals surface area contributed by atoms with Crippen LogP contribution in [-0.2, 0) is 26.2 Å². The van der Waals surface area contributed by atoms with Crippen LogP contribution in [0.1, 0.15) is 0 Å². The van der Waals surface area contributed by atoms with Crippen LogP contribution in [0.25, 0.3) is 0 Å². The van der Waals surface area contributed by atoms with Crippen LogP contribution in [0, 0.1) is 158 Å². The molecular formula is C43H27BF15PZr+2. The van der Waals surface area contributed by atoms with Gasteiger partial charge < -0.3 is 13.2 Å². The van der Waals surface area contributed by atoms with Gasteiger partial charge in [0.05, 0.1) is 6.15 Å². The molecule has 0 spiro atoms. The van der Waals surface area contributed by atoms with Crippen LogP contribution in [0.2, 0.25) is 6.32 Å². The van der Waals surface area contributed by atoms with Crippen molar-refractivity contribution in [2.45, 2.75) is 6.32 Å². The van der Waals surface area contributed by atoms with Crippen molar-refractivity contribution in [3.63, 3.8) is 0 Å². The third kappa shape index (κ3) is 11.0. The number of hydrogen-bond acceptors (Lipinski definition) is 0. The molecule has 0 aromatic heterocycles. The Kier molecular flexibility index (Phi) is 19.7. The first-order chi connectivity index (χ1) is 28.5. The largest absolute Gasteiger partial charge is 4.00 e. The fourth-order valence-corrected chi connectivity index (χ4v) is 7.66. The second kappa shape index (κ2) is 23.2. The molecule has 0 unspecified atom stereocenters. The molecule has 2 fully saturated rings. The van der Waals surface area contributed by atoms with E-state index >= 15 is 0 Å². The quantitative estimate of drug-likeness (QED) is 0.0398. The van der Waals surface area contributed by atoms with Gasteiger partial charge >= 0.3 is 26.2 Å². The zero-order valence-corrected chi connectivity index (χ0v) is 34.5. The third-order valence-electron chi connectivity index (χ3n) is 9.04. The Bertz CT molecular complexity index is 1930. The van der Waals surface area contributed by atoms with Gasteiger partial charge in [-0.2, -0.15) is 0 Å². The number of halogens is 15. The topological polar surface area (TPSA) is 0 Å². The first-order valence-corrected chi connectivity index (χ1v) is 18.9. The van der Waals surface area contributed by atoms with Crippen molar-refractivity contribution in [3.8, 4) is 0 Å². The minimum Gasteiger partial charge on any atom is -0.376 e. The molecule has 5 aromatic carbocycles. The standard InChI is InChI=1S/C20H4BF15.C13H13P.2C5H5.Zr/c1-2-21(3-6(22)12(28)18(34)13(29)7(3)23,4-8(24)14(30)19(35)15(31)9(4)25)5-10(26)16(32)20(36)17(33)11(5)27;1-14(12-8-4-2-5-9-12)13-10-6-3-7-11-13;2*1-2-4-5-3-1;/h1-2H2;2-11H,1H3;2*1-5H;/q-2;;;;+4. The predicted molar refractivity (Wildman–Crippen MR) is 202 cm³/mol. The second-order valence-electron chi connectivity index (χ2n) is 12.4. The van der Waals surface area contributed by atoms with Gasteiger partial charge in [0, 0.05) is 0 Å². The normalized spacial score (nSPS) is 13.4. The van der Waals surface area contributed by atoms with Crippen LogP contribution in [0.5, 0.6) is 0 Å². The molecule has 5 aromatic rings. The summed E-state index contributed by atoms with van der Waals surface area (Å²) >= 11 is 0. The number of hydrogen-bond donors (Lipinski definition) is 0. The third-order valence-corrected chi connectivity index (χ3v) is 11.2. The van der Waals surface area contributed by atoms with Gasteiger partial charge in [-0.1, -0.05) is 60.7 Å². The van der Waals surface area contributed by atoms with E-state index in [4.69, 9.17) is 0 Å². The molecule has 0 amide bonds. The summed E-state index contributed by atoms with van der Waals surface area (Å²) in [5, 5.41) is 2.88. The Balaban J connectivity index is 0.000000318. The van der Waals surface area contributed by atoms with E-state index in [1.54, 1.807) is 0 Å². The molecule has 0 aliphatic heterocycles. The smallest absolute Gasteiger partial charge is 0.376 e. The molecule has 61 heavy (non-hydrogen) atoms. The molecule has 0 nitrogen and oxygen atoms in total. The Labute approximate surface area is 363 Å². The summed E-state index contributed by atoms with van der Waals surface area (Å²) < 4.78 is 214. The van der Waals surface area contributed by atoms with E-state index in [-0.39, 0.29) is 34.1 Å². The molecule has 2 aliphatic rings. The van der Waals surface area contributed by atoms with Crippen LogP contribution in [-0.4, -0.2) is 12.8 Å². The van der Waals surface area contributed by atoms with Gasteiger partial charge in [-0.3, -0.25) is 0 Å². The van der Waals surface area contributed by atoms with E-state index in [9.17, 15) is 65.9 Å². The second-order valence-corrected chi connectivity index (χ2v) is 14.6. The summed E-state index contributed by atoms with van der Waals surface area (Å²) in [5.74, 6) is -45.3. The Hall–Kier alpha value is -3.57. The molecular weight excluding hydrogens is 934 g/mol. The van der Waals surface area contributed by atoms with Gasteiger partial charge in [-0.15, -0.1) is 16.4 Å². The maximum absolute atomic E-state index is 14.8. The number of rotatable bonds is 6. The zero-order valence-electron chi connectivity index (χ0n) is 31.2. The monoisotopic (exact) mass is 960 g/mol. The van der Waals surface area contributed by atoms with Crippen molar-refractivity contribution in [1.82, 2.24) is 0 Å². The Morgan fingerprint density at radius 3 is 0.705 bits per heavy atom. The van der Waals surface area contributed by atoms with Gasteiger partial charge in [0.1, 0.15) is 34.9 Å². The minimum absolute atomic E-state index is 0. The predicted octanol–water partition coefficient (Wildman–Crippen LogP) is 9.87. The van der Waals surface area contributed by atoms with Crippen LogP contribution in [0.4, 0.5) is 65.9 Å². The maximum Gasteiger partial charge on any atom is 4.00 e. The summed E-state index contributed by atoms with van der Waals surface area (Å²) in [5.41, 5.74) is -7.98. The van der Waals surface area contributed by atoms with E-state index in [0.717, 1.165) is 0 Å². The van der Waals surface area contributed by atoms with Gasteiger partial charge in [-0.25, -0.2) is 65.9 Å². The summed E-state index contributed by atoms with van der Waals surface area (Å²) in [6.45, 7) is 5.10. The van der Waals surface area contributed by atoms with E-state index < -0.39 is 116 Å². The molecule has 18 heteroatoms. The van der Waals surface area contributed by atoms with Crippen molar-refractivity contribution in [2.24, 2.45) is 0 Å². The maximum atomic E-state index is 14.8. The van der Waals surface area contributed by atoms with Gasteiger partial charge in [0.25, 0.3) is 0 Å². The van der Waals surface area contributed by atoms with Crippen molar-refractivity contribution in [1.29, 1.82) is 0 Å². The van der Waals surface area contributed by atoms with E-state index in [1.165, 1.54) is 10.6 Å². The van der Waals surface area contributed by atoms with Crippen molar-refractivity contribution < 1.29 is 92.1 Å². The average Bonchev–Trinajstić information content (AvgIpc) is 4.07. The fraction of sp³-hybridized carbons (Fsp3) is 0.0465. The minimum atomic E-state index is -5.51. The van der Waals surface area contributed by atoms with E-state index in [0.29, 0.717) is 0 Å². The SMILES string of the molecule is CP(c1ccccc1)c1ccccc1.[CH2-]C[B-](c1c(F)c(F)c(F)c(F)c1F)(c1c(F)c(F)c(F)c(F)c1F)c1c(F)c(F)c(F)c(F)c1F.[CH]1[CH][CH][CH][CH]1.[CH]1[CH][CH][CH][CH]1.[Zr+4]. The van der Waals surface area contributed by atoms with Crippen LogP contribution < -0.4 is 27.0 Å². The molecule has 0 heterocycles. The summed E-state index contributed by atoms with van der Waals surface area (Å²) in [6.07, 6.45) is 12.5. The molecule has 314 valence electrons. The summed E-state index contributed by atoms with van der Waals surface area (Å²) in [4.78, 5) is 0. The van der Waals surface area contributed by atoms with E-state index in [1.807, 2.05) is 64.2 Å². The van der Waals surface area contributed by atoms with Gasteiger partial charge in [0.2, 0.25) is 0 Å². The molecule has 10 radical (unpaired) electrons. The first kappa shape index (κ1) is 51.8. The van der Waals surface area contributed by atoms with Gasteiger partial charge in [-0.05, 0) is 89.4 Å². The summed E-state index contributed by atoms with van der Waals surface area (Å²) in [6, 6.07) is 21.4. The van der Waals surface area contributed by atoms with Crippen LogP contribution in [0.3, 0.4) is 0 Å². The van der Waals surface area contributed by atoms with Crippen LogP contribution in [0.15, 0.2) is 60.7 Å². The Morgan fingerprint density at radius 1 is 0.344 bits per heavy atom. The molecule has 2 saturated carbocycles. The first-order valence-electron chi connectivity index (χ1n) is 17.2. The van der Waals surface area contributed by atoms with E-state index in [2.05, 4.69) is 74.3 Å². The molecule has 7 rings (SSSR count).